The number of rotatable bonds is 12. The largest absolute Gasteiger partial charge is 0.352 e. The highest BCUT2D eigenvalue weighted by molar-refractivity contribution is 9.10. The highest BCUT2D eigenvalue weighted by atomic mass is 79.9. The fraction of sp³-hybridized carbons (Fsp3) is 0.257. The van der Waals surface area contributed by atoms with Gasteiger partial charge in [0.25, 0.3) is 10.0 Å². The van der Waals surface area contributed by atoms with E-state index in [0.717, 1.165) is 35.6 Å². The van der Waals surface area contributed by atoms with Crippen molar-refractivity contribution in [3.05, 3.63) is 130 Å². The van der Waals surface area contributed by atoms with E-state index in [9.17, 15) is 18.0 Å². The van der Waals surface area contributed by atoms with Crippen molar-refractivity contribution in [1.82, 2.24) is 10.2 Å². The Morgan fingerprint density at radius 1 is 0.867 bits per heavy atom. The molecule has 1 aliphatic carbocycles. The van der Waals surface area contributed by atoms with E-state index in [1.807, 2.05) is 42.5 Å². The summed E-state index contributed by atoms with van der Waals surface area (Å²) in [5, 5.41) is 3.63. The molecule has 45 heavy (non-hydrogen) atoms. The monoisotopic (exact) mass is 707 g/mol. The molecule has 234 valence electrons. The summed E-state index contributed by atoms with van der Waals surface area (Å²) in [6.45, 7) is -0.508. The summed E-state index contributed by atoms with van der Waals surface area (Å²) in [5.41, 5.74) is 1.84. The van der Waals surface area contributed by atoms with E-state index in [-0.39, 0.29) is 29.8 Å². The number of nitrogens with one attached hydrogen (secondary N) is 1. The number of sulfonamides is 1. The zero-order valence-electron chi connectivity index (χ0n) is 24.7. The Labute approximate surface area is 278 Å². The Hall–Kier alpha value is -3.66. The van der Waals surface area contributed by atoms with Gasteiger partial charge in [-0.25, -0.2) is 8.42 Å². The van der Waals surface area contributed by atoms with Crippen molar-refractivity contribution in [2.75, 3.05) is 10.8 Å². The number of hydrogen-bond acceptors (Lipinski definition) is 4. The number of carbonyl (C=O) groups is 2. The quantitative estimate of drug-likeness (QED) is 0.172. The van der Waals surface area contributed by atoms with E-state index in [2.05, 4.69) is 21.2 Å². The first-order chi connectivity index (χ1) is 21.7. The van der Waals surface area contributed by atoms with Crippen LogP contribution in [-0.2, 0) is 32.6 Å². The Kier molecular flexibility index (Phi) is 11.0. The van der Waals surface area contributed by atoms with E-state index in [1.165, 1.54) is 17.0 Å². The first kappa shape index (κ1) is 32.7. The summed E-state index contributed by atoms with van der Waals surface area (Å²) in [5.74, 6) is -0.803. The smallest absolute Gasteiger partial charge is 0.264 e. The second kappa shape index (κ2) is 15.1. The number of anilines is 1. The number of carbonyl (C=O) groups excluding carboxylic acids is 2. The van der Waals surface area contributed by atoms with Gasteiger partial charge in [0.1, 0.15) is 12.6 Å². The van der Waals surface area contributed by atoms with Gasteiger partial charge in [0.2, 0.25) is 11.8 Å². The van der Waals surface area contributed by atoms with Crippen LogP contribution in [0.25, 0.3) is 0 Å². The van der Waals surface area contributed by atoms with Gasteiger partial charge in [0.15, 0.2) is 0 Å². The van der Waals surface area contributed by atoms with E-state index in [4.69, 9.17) is 11.6 Å². The fourth-order valence-electron chi connectivity index (χ4n) is 5.61. The van der Waals surface area contributed by atoms with Crippen molar-refractivity contribution < 1.29 is 18.0 Å². The SMILES string of the molecule is O=C(NC1CCCC1)[C@H](Cc1ccccc1)N(Cc1ccccc1Cl)C(=O)CN(c1cccc(Br)c1)S(=O)(=O)c1ccccc1. The summed E-state index contributed by atoms with van der Waals surface area (Å²) in [6, 6.07) is 30.6. The predicted molar refractivity (Wildman–Crippen MR) is 181 cm³/mol. The van der Waals surface area contributed by atoms with Crippen LogP contribution in [0.15, 0.2) is 119 Å². The van der Waals surface area contributed by atoms with E-state index >= 15 is 0 Å². The molecule has 1 N–H and O–H groups in total. The first-order valence-corrected chi connectivity index (χ1v) is 17.5. The van der Waals surface area contributed by atoms with Gasteiger partial charge in [0.05, 0.1) is 10.6 Å². The van der Waals surface area contributed by atoms with Crippen LogP contribution in [0.4, 0.5) is 5.69 Å². The third kappa shape index (κ3) is 8.34. The molecule has 1 fully saturated rings. The third-order valence-corrected chi connectivity index (χ3v) is 10.6. The molecule has 1 atom stereocenters. The zero-order valence-corrected chi connectivity index (χ0v) is 27.8. The van der Waals surface area contributed by atoms with Gasteiger partial charge in [-0.15, -0.1) is 0 Å². The van der Waals surface area contributed by atoms with Crippen molar-refractivity contribution >= 4 is 55.1 Å². The summed E-state index contributed by atoms with van der Waals surface area (Å²) in [4.78, 5) is 30.2. The minimum absolute atomic E-state index is 0.0196. The normalized spacial score (nSPS) is 14.1. The molecule has 0 saturated heterocycles. The van der Waals surface area contributed by atoms with Crippen molar-refractivity contribution in [3.63, 3.8) is 0 Å². The van der Waals surface area contributed by atoms with Gasteiger partial charge in [-0.1, -0.05) is 113 Å². The lowest BCUT2D eigenvalue weighted by Crippen LogP contribution is -2.54. The van der Waals surface area contributed by atoms with Gasteiger partial charge in [0, 0.05) is 28.5 Å². The number of halogens is 2. The van der Waals surface area contributed by atoms with Crippen molar-refractivity contribution in [2.45, 2.75) is 55.6 Å². The molecule has 1 aliphatic rings. The maximum atomic E-state index is 14.6. The molecule has 10 heteroatoms. The van der Waals surface area contributed by atoms with Crippen LogP contribution in [0.3, 0.4) is 0 Å². The number of hydrogen-bond donors (Lipinski definition) is 1. The number of amides is 2. The van der Waals surface area contributed by atoms with Crippen molar-refractivity contribution in [2.24, 2.45) is 0 Å². The molecule has 0 heterocycles. The molecule has 0 radical (unpaired) electrons. The number of benzene rings is 4. The van der Waals surface area contributed by atoms with Gasteiger partial charge in [-0.3, -0.25) is 13.9 Å². The second-order valence-electron chi connectivity index (χ2n) is 11.1. The minimum Gasteiger partial charge on any atom is -0.352 e. The molecule has 4 aromatic rings. The molecule has 1 saturated carbocycles. The molecule has 0 unspecified atom stereocenters. The average Bonchev–Trinajstić information content (AvgIpc) is 3.56. The molecular weight excluding hydrogens is 674 g/mol. The standard InChI is InChI=1S/C35H35BrClN3O4S/c36-28-15-11-18-30(23-28)40(45(43,44)31-19-5-2-6-20-31)25-34(41)39(24-27-14-7-10-21-32(27)37)33(22-26-12-3-1-4-13-26)35(42)38-29-16-8-9-17-29/h1-7,10-15,18-21,23,29,33H,8-9,16-17,22,24-25H2,(H,38,42)/t33-/m0/s1. The van der Waals surface area contributed by atoms with Gasteiger partial charge >= 0.3 is 0 Å². The van der Waals surface area contributed by atoms with Gasteiger partial charge in [-0.2, -0.15) is 0 Å². The Morgan fingerprint density at radius 3 is 2.18 bits per heavy atom. The molecule has 0 bridgehead atoms. The van der Waals surface area contributed by atoms with Gasteiger partial charge < -0.3 is 10.2 Å². The predicted octanol–water partition coefficient (Wildman–Crippen LogP) is 7.00. The number of nitrogens with zero attached hydrogens (tertiary/aromatic N) is 2. The molecule has 5 rings (SSSR count). The lowest BCUT2D eigenvalue weighted by Gasteiger charge is -2.34. The topological polar surface area (TPSA) is 86.8 Å². The Bertz CT molecular complexity index is 1720. The second-order valence-corrected chi connectivity index (χ2v) is 14.3. The van der Waals surface area contributed by atoms with Gasteiger partial charge in [-0.05, 0) is 60.4 Å². The maximum Gasteiger partial charge on any atom is 0.264 e. The lowest BCUT2D eigenvalue weighted by molar-refractivity contribution is -0.140. The summed E-state index contributed by atoms with van der Waals surface area (Å²) in [7, 11) is -4.17. The lowest BCUT2D eigenvalue weighted by atomic mass is 10.0. The van der Waals surface area contributed by atoms with E-state index < -0.39 is 28.5 Å². The zero-order chi connectivity index (χ0) is 31.8. The molecule has 2 amide bonds. The van der Waals surface area contributed by atoms with Crippen LogP contribution in [0.1, 0.15) is 36.8 Å². The van der Waals surface area contributed by atoms with Crippen LogP contribution in [0, 0.1) is 0 Å². The van der Waals surface area contributed by atoms with Crippen LogP contribution in [-0.4, -0.2) is 43.8 Å². The minimum atomic E-state index is -4.17. The molecule has 0 aliphatic heterocycles. The van der Waals surface area contributed by atoms with E-state index in [1.54, 1.807) is 54.6 Å². The maximum absolute atomic E-state index is 14.6. The third-order valence-electron chi connectivity index (χ3n) is 7.98. The highest BCUT2D eigenvalue weighted by Gasteiger charge is 2.35. The molecule has 0 aromatic heterocycles. The van der Waals surface area contributed by atoms with Crippen LogP contribution >= 0.6 is 27.5 Å². The van der Waals surface area contributed by atoms with Crippen molar-refractivity contribution in [1.29, 1.82) is 0 Å². The molecule has 4 aromatic carbocycles. The molecule has 0 spiro atoms. The van der Waals surface area contributed by atoms with E-state index in [0.29, 0.717) is 20.7 Å². The summed E-state index contributed by atoms with van der Waals surface area (Å²) >= 11 is 10.0. The highest BCUT2D eigenvalue weighted by Crippen LogP contribution is 2.28. The molecule has 7 nitrogen and oxygen atoms in total. The van der Waals surface area contributed by atoms with Crippen molar-refractivity contribution in [3.8, 4) is 0 Å². The fourth-order valence-corrected chi connectivity index (χ4v) is 7.62. The van der Waals surface area contributed by atoms with Crippen LogP contribution in [0.5, 0.6) is 0 Å². The molecular formula is C35H35BrClN3O4S. The summed E-state index contributed by atoms with van der Waals surface area (Å²) < 4.78 is 29.9. The Morgan fingerprint density at radius 2 is 1.51 bits per heavy atom. The Balaban J connectivity index is 1.57. The first-order valence-electron chi connectivity index (χ1n) is 14.9. The van der Waals surface area contributed by atoms with Crippen LogP contribution in [0.2, 0.25) is 5.02 Å². The summed E-state index contributed by atoms with van der Waals surface area (Å²) in [6.07, 6.45) is 4.09. The average molecular weight is 709 g/mol. The van der Waals surface area contributed by atoms with Crippen LogP contribution < -0.4 is 9.62 Å².